The van der Waals surface area contributed by atoms with E-state index in [0.29, 0.717) is 34.9 Å². The van der Waals surface area contributed by atoms with Crippen molar-refractivity contribution >= 4 is 23.4 Å². The highest BCUT2D eigenvalue weighted by molar-refractivity contribution is 6.33. The maximum atomic E-state index is 13.1. The summed E-state index contributed by atoms with van der Waals surface area (Å²) in [5.74, 6) is 0.389. The lowest BCUT2D eigenvalue weighted by Gasteiger charge is -2.23. The van der Waals surface area contributed by atoms with Crippen molar-refractivity contribution in [2.24, 2.45) is 0 Å². The van der Waals surface area contributed by atoms with Gasteiger partial charge in [-0.25, -0.2) is 0 Å². The zero-order chi connectivity index (χ0) is 20.0. The molecule has 28 heavy (non-hydrogen) atoms. The summed E-state index contributed by atoms with van der Waals surface area (Å²) in [5, 5.41) is 3.13. The minimum absolute atomic E-state index is 0.000191. The highest BCUT2D eigenvalue weighted by Gasteiger charge is 2.40. The van der Waals surface area contributed by atoms with E-state index in [1.165, 1.54) is 0 Å². The number of rotatable bonds is 3. The Morgan fingerprint density at radius 1 is 1.32 bits per heavy atom. The van der Waals surface area contributed by atoms with Crippen LogP contribution in [0.3, 0.4) is 0 Å². The molecule has 2 aliphatic heterocycles. The van der Waals surface area contributed by atoms with Crippen LogP contribution >= 0.6 is 11.6 Å². The number of carbonyl (C=O) groups is 2. The standard InChI is InChI=1S/C22H23ClN2O3/c1-12-8-17-11-25(12)22(27)18-10-16(13(2)19(23)20(18)28-17)9-14-4-6-15(7-5-14)21(26)24-3/h4-7,10,12,17H,8-9,11H2,1-3H3,(H,24,26)/t12-,17-/m0/s1. The largest absolute Gasteiger partial charge is 0.486 e. The third-order valence-electron chi connectivity index (χ3n) is 5.72. The molecule has 1 fully saturated rings. The van der Waals surface area contributed by atoms with Gasteiger partial charge in [0.2, 0.25) is 0 Å². The number of hydrogen-bond acceptors (Lipinski definition) is 3. The van der Waals surface area contributed by atoms with Gasteiger partial charge in [-0.05, 0) is 55.2 Å². The van der Waals surface area contributed by atoms with Crippen molar-refractivity contribution in [3.05, 3.63) is 63.2 Å². The molecule has 0 aliphatic carbocycles. The smallest absolute Gasteiger partial charge is 0.258 e. The monoisotopic (exact) mass is 398 g/mol. The molecule has 0 saturated carbocycles. The van der Waals surface area contributed by atoms with Gasteiger partial charge in [-0.3, -0.25) is 9.59 Å². The predicted molar refractivity (Wildman–Crippen MR) is 108 cm³/mol. The van der Waals surface area contributed by atoms with Gasteiger partial charge >= 0.3 is 0 Å². The van der Waals surface area contributed by atoms with E-state index in [2.05, 4.69) is 12.2 Å². The first-order valence-corrected chi connectivity index (χ1v) is 9.87. The van der Waals surface area contributed by atoms with Gasteiger partial charge in [0.15, 0.2) is 5.75 Å². The van der Waals surface area contributed by atoms with Crippen molar-refractivity contribution in [2.75, 3.05) is 13.6 Å². The Balaban J connectivity index is 1.69. The number of halogens is 1. The molecule has 1 N–H and O–H groups in total. The van der Waals surface area contributed by atoms with E-state index < -0.39 is 0 Å². The van der Waals surface area contributed by atoms with Gasteiger partial charge in [-0.1, -0.05) is 23.7 Å². The SMILES string of the molecule is CNC(=O)c1ccc(Cc2cc3c(c(Cl)c2C)O[C@H]2C[C@H](C)N(C2)C3=O)cc1. The van der Waals surface area contributed by atoms with Crippen LogP contribution in [-0.2, 0) is 6.42 Å². The zero-order valence-electron chi connectivity index (χ0n) is 16.2. The minimum Gasteiger partial charge on any atom is -0.486 e. The molecule has 2 bridgehead atoms. The number of carbonyl (C=O) groups excluding carboxylic acids is 2. The Kier molecular flexibility index (Phi) is 4.79. The fourth-order valence-corrected chi connectivity index (χ4v) is 4.31. The maximum Gasteiger partial charge on any atom is 0.258 e. The summed E-state index contributed by atoms with van der Waals surface area (Å²) in [6.07, 6.45) is 1.46. The fourth-order valence-electron chi connectivity index (χ4n) is 4.04. The summed E-state index contributed by atoms with van der Waals surface area (Å²) in [6, 6.07) is 9.54. The molecule has 0 radical (unpaired) electrons. The zero-order valence-corrected chi connectivity index (χ0v) is 17.0. The van der Waals surface area contributed by atoms with Crippen LogP contribution in [0.15, 0.2) is 30.3 Å². The lowest BCUT2D eigenvalue weighted by Crippen LogP contribution is -2.33. The fraction of sp³-hybridized carbons (Fsp3) is 0.364. The maximum absolute atomic E-state index is 13.1. The molecule has 146 valence electrons. The average molecular weight is 399 g/mol. The van der Waals surface area contributed by atoms with E-state index >= 15 is 0 Å². The van der Waals surface area contributed by atoms with Gasteiger partial charge in [0.25, 0.3) is 11.8 Å². The summed E-state index contributed by atoms with van der Waals surface area (Å²) in [4.78, 5) is 26.7. The van der Waals surface area contributed by atoms with Gasteiger partial charge in [0, 0.05) is 25.1 Å². The second kappa shape index (κ2) is 7.13. The van der Waals surface area contributed by atoms with Crippen LogP contribution in [0.1, 0.15) is 50.8 Å². The number of nitrogens with one attached hydrogen (secondary N) is 1. The van der Waals surface area contributed by atoms with Gasteiger partial charge < -0.3 is 15.0 Å². The van der Waals surface area contributed by atoms with E-state index in [9.17, 15) is 9.59 Å². The van der Waals surface area contributed by atoms with Crippen LogP contribution in [0.4, 0.5) is 0 Å². The van der Waals surface area contributed by atoms with Crippen LogP contribution in [0, 0.1) is 6.92 Å². The third-order valence-corrected chi connectivity index (χ3v) is 6.18. The Morgan fingerprint density at radius 2 is 2.04 bits per heavy atom. The topological polar surface area (TPSA) is 58.6 Å². The molecule has 2 aromatic carbocycles. The number of amides is 2. The first kappa shape index (κ1) is 18.8. The Bertz CT molecular complexity index is 955. The lowest BCUT2D eigenvalue weighted by molar-refractivity contribution is 0.0748. The van der Waals surface area contributed by atoms with Gasteiger partial charge in [0.05, 0.1) is 17.1 Å². The van der Waals surface area contributed by atoms with Crippen LogP contribution in [0.2, 0.25) is 5.02 Å². The number of hydrogen-bond donors (Lipinski definition) is 1. The van der Waals surface area contributed by atoms with Crippen LogP contribution in [0.25, 0.3) is 0 Å². The molecule has 5 nitrogen and oxygen atoms in total. The molecular formula is C22H23ClN2O3. The Morgan fingerprint density at radius 3 is 2.71 bits per heavy atom. The molecular weight excluding hydrogens is 376 g/mol. The molecule has 2 heterocycles. The number of nitrogens with zero attached hydrogens (tertiary/aromatic N) is 1. The molecule has 1 saturated heterocycles. The normalized spacial score (nSPS) is 20.4. The van der Waals surface area contributed by atoms with E-state index in [1.54, 1.807) is 19.2 Å². The molecule has 6 heteroatoms. The molecule has 0 unspecified atom stereocenters. The predicted octanol–water partition coefficient (Wildman–Crippen LogP) is 3.59. The van der Waals surface area contributed by atoms with Crippen molar-refractivity contribution in [3.8, 4) is 5.75 Å². The van der Waals surface area contributed by atoms with Gasteiger partial charge in [-0.2, -0.15) is 0 Å². The number of ether oxygens (including phenoxy) is 1. The molecule has 4 rings (SSSR count). The van der Waals surface area contributed by atoms with Crippen LogP contribution in [0.5, 0.6) is 5.75 Å². The summed E-state index contributed by atoms with van der Waals surface area (Å²) in [6.45, 7) is 4.62. The summed E-state index contributed by atoms with van der Waals surface area (Å²) < 4.78 is 6.12. The van der Waals surface area contributed by atoms with Crippen molar-refractivity contribution < 1.29 is 14.3 Å². The molecule has 2 aromatic rings. The van der Waals surface area contributed by atoms with E-state index in [-0.39, 0.29) is 24.0 Å². The van der Waals surface area contributed by atoms with Crippen molar-refractivity contribution in [2.45, 2.75) is 38.8 Å². The van der Waals surface area contributed by atoms with Gasteiger partial charge in [-0.15, -0.1) is 0 Å². The molecule has 2 aliphatic rings. The number of benzene rings is 2. The quantitative estimate of drug-likeness (QED) is 0.859. The Hall–Kier alpha value is -2.53. The molecule has 0 spiro atoms. The summed E-state index contributed by atoms with van der Waals surface area (Å²) in [7, 11) is 1.61. The second-order valence-electron chi connectivity index (χ2n) is 7.59. The van der Waals surface area contributed by atoms with Gasteiger partial charge in [0.1, 0.15) is 6.10 Å². The third kappa shape index (κ3) is 3.14. The molecule has 2 atom stereocenters. The highest BCUT2D eigenvalue weighted by atomic mass is 35.5. The van der Waals surface area contributed by atoms with E-state index in [0.717, 1.165) is 23.1 Å². The minimum atomic E-state index is -0.114. The highest BCUT2D eigenvalue weighted by Crippen LogP contribution is 2.40. The Labute approximate surface area is 169 Å². The lowest BCUT2D eigenvalue weighted by atomic mass is 9.96. The van der Waals surface area contributed by atoms with Crippen LogP contribution < -0.4 is 10.1 Å². The average Bonchev–Trinajstić information content (AvgIpc) is 3.00. The molecule has 0 aromatic heterocycles. The van der Waals surface area contributed by atoms with E-state index in [4.69, 9.17) is 16.3 Å². The first-order chi connectivity index (χ1) is 13.4. The van der Waals surface area contributed by atoms with Crippen molar-refractivity contribution in [1.29, 1.82) is 0 Å². The number of fused-ring (bicyclic) bond motifs is 3. The second-order valence-corrected chi connectivity index (χ2v) is 7.96. The molecule has 2 amide bonds. The van der Waals surface area contributed by atoms with E-state index in [1.807, 2.05) is 30.0 Å². The van der Waals surface area contributed by atoms with Crippen LogP contribution in [-0.4, -0.2) is 42.5 Å². The summed E-state index contributed by atoms with van der Waals surface area (Å²) in [5.41, 5.74) is 4.11. The summed E-state index contributed by atoms with van der Waals surface area (Å²) >= 11 is 6.63. The van der Waals surface area contributed by atoms with Crippen molar-refractivity contribution in [3.63, 3.8) is 0 Å². The first-order valence-electron chi connectivity index (χ1n) is 9.49. The van der Waals surface area contributed by atoms with Crippen molar-refractivity contribution in [1.82, 2.24) is 10.2 Å².